The Kier molecular flexibility index (Phi) is 7.62. The van der Waals surface area contributed by atoms with Crippen LogP contribution < -0.4 is 5.32 Å². The van der Waals surface area contributed by atoms with Gasteiger partial charge in [-0.15, -0.1) is 0 Å². The highest BCUT2D eigenvalue weighted by atomic mass is 16.4. The number of likely N-dealkylation sites (N-methyl/N-ethyl adjacent to an activating group) is 1. The monoisotopic (exact) mass is 216 g/mol. The Balaban J connectivity index is 3.24. The van der Waals surface area contributed by atoms with E-state index in [2.05, 4.69) is 5.32 Å². The minimum atomic E-state index is -0.758. The van der Waals surface area contributed by atoms with Crippen molar-refractivity contribution in [3.8, 4) is 0 Å². The summed E-state index contributed by atoms with van der Waals surface area (Å²) in [6.45, 7) is 1.03. The van der Waals surface area contributed by atoms with Crippen molar-refractivity contribution in [2.75, 3.05) is 27.2 Å². The van der Waals surface area contributed by atoms with Crippen LogP contribution in [0, 0.1) is 0 Å². The number of nitrogens with one attached hydrogen (secondary N) is 1. The zero-order chi connectivity index (χ0) is 11.7. The van der Waals surface area contributed by atoms with Gasteiger partial charge < -0.3 is 15.3 Å². The van der Waals surface area contributed by atoms with Gasteiger partial charge in [0.15, 0.2) is 0 Å². The molecule has 0 heterocycles. The van der Waals surface area contributed by atoms with Gasteiger partial charge in [0.05, 0.1) is 6.54 Å². The van der Waals surface area contributed by atoms with E-state index in [0.717, 1.165) is 12.8 Å². The molecule has 5 nitrogen and oxygen atoms in total. The lowest BCUT2D eigenvalue weighted by molar-refractivity contribution is -0.137. The lowest BCUT2D eigenvalue weighted by Gasteiger charge is -2.09. The van der Waals surface area contributed by atoms with Crippen molar-refractivity contribution < 1.29 is 14.7 Å². The second kappa shape index (κ2) is 8.23. The quantitative estimate of drug-likeness (QED) is 0.573. The van der Waals surface area contributed by atoms with Crippen LogP contribution >= 0.6 is 0 Å². The summed E-state index contributed by atoms with van der Waals surface area (Å²) in [6, 6.07) is 0. The van der Waals surface area contributed by atoms with E-state index in [-0.39, 0.29) is 12.3 Å². The molecule has 0 saturated heterocycles. The third-order valence-electron chi connectivity index (χ3n) is 1.85. The molecule has 5 heteroatoms. The molecular formula is C10H20N2O3. The first kappa shape index (κ1) is 13.9. The van der Waals surface area contributed by atoms with Crippen LogP contribution in [0.5, 0.6) is 0 Å². The summed E-state index contributed by atoms with van der Waals surface area (Å²) < 4.78 is 0. The number of carboxylic acid groups (broad SMARTS) is 1. The third-order valence-corrected chi connectivity index (χ3v) is 1.85. The molecule has 2 N–H and O–H groups in total. The summed E-state index contributed by atoms with van der Waals surface area (Å²) in [6.07, 6.45) is 2.57. The van der Waals surface area contributed by atoms with Crippen LogP contribution in [-0.2, 0) is 9.59 Å². The standard InChI is InChI=1S/C10H20N2O3/c1-12(2)8-9(13)11-7-5-3-4-6-10(14)15/h3-8H2,1-2H3,(H,11,13)(H,14,15). The van der Waals surface area contributed by atoms with Crippen LogP contribution in [0.3, 0.4) is 0 Å². The number of rotatable bonds is 8. The van der Waals surface area contributed by atoms with Gasteiger partial charge in [-0.25, -0.2) is 0 Å². The van der Waals surface area contributed by atoms with E-state index in [1.54, 1.807) is 4.90 Å². The Morgan fingerprint density at radius 1 is 1.20 bits per heavy atom. The van der Waals surface area contributed by atoms with Gasteiger partial charge in [-0.2, -0.15) is 0 Å². The highest BCUT2D eigenvalue weighted by molar-refractivity contribution is 5.77. The topological polar surface area (TPSA) is 69.6 Å². The van der Waals surface area contributed by atoms with Crippen molar-refractivity contribution in [3.05, 3.63) is 0 Å². The second-order valence-corrected chi connectivity index (χ2v) is 3.79. The van der Waals surface area contributed by atoms with Crippen molar-refractivity contribution in [3.63, 3.8) is 0 Å². The summed E-state index contributed by atoms with van der Waals surface area (Å²) in [4.78, 5) is 23.1. The smallest absolute Gasteiger partial charge is 0.303 e. The van der Waals surface area contributed by atoms with E-state index in [4.69, 9.17) is 5.11 Å². The molecule has 0 aromatic rings. The minimum absolute atomic E-state index is 0.0123. The van der Waals surface area contributed by atoms with Crippen molar-refractivity contribution in [1.82, 2.24) is 10.2 Å². The van der Waals surface area contributed by atoms with Gasteiger partial charge >= 0.3 is 5.97 Å². The van der Waals surface area contributed by atoms with Crippen molar-refractivity contribution >= 4 is 11.9 Å². The summed E-state index contributed by atoms with van der Waals surface area (Å²) in [5.74, 6) is -0.745. The van der Waals surface area contributed by atoms with E-state index >= 15 is 0 Å². The lowest BCUT2D eigenvalue weighted by Crippen LogP contribution is -2.33. The molecule has 0 aliphatic heterocycles. The molecule has 0 aromatic carbocycles. The van der Waals surface area contributed by atoms with Gasteiger partial charge in [-0.05, 0) is 26.9 Å². The fourth-order valence-corrected chi connectivity index (χ4v) is 1.15. The number of hydrogen-bond donors (Lipinski definition) is 2. The minimum Gasteiger partial charge on any atom is -0.481 e. The molecule has 0 radical (unpaired) electrons. The molecule has 0 saturated carbocycles. The molecule has 0 aromatic heterocycles. The van der Waals surface area contributed by atoms with Crippen LogP contribution in [0.25, 0.3) is 0 Å². The Morgan fingerprint density at radius 3 is 2.40 bits per heavy atom. The molecule has 88 valence electrons. The number of nitrogens with zero attached hydrogens (tertiary/aromatic N) is 1. The zero-order valence-electron chi connectivity index (χ0n) is 9.45. The molecule has 1 amide bonds. The molecule has 0 spiro atoms. The Morgan fingerprint density at radius 2 is 1.87 bits per heavy atom. The first-order chi connectivity index (χ1) is 7.02. The van der Waals surface area contributed by atoms with E-state index in [1.165, 1.54) is 0 Å². The molecule has 0 rings (SSSR count). The number of hydrogen-bond acceptors (Lipinski definition) is 3. The Bertz CT molecular complexity index is 205. The average Bonchev–Trinajstić information content (AvgIpc) is 2.09. The van der Waals surface area contributed by atoms with E-state index in [0.29, 0.717) is 19.5 Å². The number of unbranched alkanes of at least 4 members (excludes halogenated alkanes) is 2. The molecule has 0 aliphatic carbocycles. The van der Waals surface area contributed by atoms with E-state index in [1.807, 2.05) is 14.1 Å². The van der Waals surface area contributed by atoms with Crippen molar-refractivity contribution in [2.24, 2.45) is 0 Å². The fraction of sp³-hybridized carbons (Fsp3) is 0.800. The summed E-state index contributed by atoms with van der Waals surface area (Å²) in [5, 5.41) is 11.2. The lowest BCUT2D eigenvalue weighted by atomic mass is 10.2. The van der Waals surface area contributed by atoms with Gasteiger partial charge in [-0.1, -0.05) is 6.42 Å². The first-order valence-corrected chi connectivity index (χ1v) is 5.15. The molecule has 0 aliphatic rings. The largest absolute Gasteiger partial charge is 0.481 e. The average molecular weight is 216 g/mol. The van der Waals surface area contributed by atoms with Gasteiger partial charge in [0.2, 0.25) is 5.91 Å². The predicted molar refractivity (Wildman–Crippen MR) is 57.7 cm³/mol. The third kappa shape index (κ3) is 10.8. The van der Waals surface area contributed by atoms with Crippen molar-refractivity contribution in [1.29, 1.82) is 0 Å². The van der Waals surface area contributed by atoms with E-state index < -0.39 is 5.97 Å². The number of aliphatic carboxylic acids is 1. The van der Waals surface area contributed by atoms with Gasteiger partial charge in [-0.3, -0.25) is 9.59 Å². The highest BCUT2D eigenvalue weighted by Gasteiger charge is 2.01. The van der Waals surface area contributed by atoms with Crippen LogP contribution in [0.4, 0.5) is 0 Å². The maximum Gasteiger partial charge on any atom is 0.303 e. The number of carbonyl (C=O) groups is 2. The summed E-state index contributed by atoms with van der Waals surface area (Å²) >= 11 is 0. The SMILES string of the molecule is CN(C)CC(=O)NCCCCCC(=O)O. The normalized spacial score (nSPS) is 10.3. The number of amides is 1. The number of carbonyl (C=O) groups excluding carboxylic acids is 1. The number of carboxylic acids is 1. The van der Waals surface area contributed by atoms with Gasteiger partial charge in [0.1, 0.15) is 0 Å². The van der Waals surface area contributed by atoms with Crippen LogP contribution in [0.1, 0.15) is 25.7 Å². The van der Waals surface area contributed by atoms with Crippen LogP contribution in [-0.4, -0.2) is 49.1 Å². The maximum atomic E-state index is 11.1. The molecule has 15 heavy (non-hydrogen) atoms. The Labute approximate surface area is 90.5 Å². The van der Waals surface area contributed by atoms with E-state index in [9.17, 15) is 9.59 Å². The molecular weight excluding hydrogens is 196 g/mol. The van der Waals surface area contributed by atoms with Gasteiger partial charge in [0.25, 0.3) is 0 Å². The Hall–Kier alpha value is -1.10. The summed E-state index contributed by atoms with van der Waals surface area (Å²) in [5.41, 5.74) is 0. The van der Waals surface area contributed by atoms with Crippen molar-refractivity contribution in [2.45, 2.75) is 25.7 Å². The van der Waals surface area contributed by atoms with Gasteiger partial charge in [0, 0.05) is 13.0 Å². The summed E-state index contributed by atoms with van der Waals surface area (Å²) in [7, 11) is 3.68. The highest BCUT2D eigenvalue weighted by Crippen LogP contribution is 1.98. The predicted octanol–water partition coefficient (Wildman–Crippen LogP) is 0.309. The van der Waals surface area contributed by atoms with Crippen LogP contribution in [0.2, 0.25) is 0 Å². The van der Waals surface area contributed by atoms with Crippen LogP contribution in [0.15, 0.2) is 0 Å². The zero-order valence-corrected chi connectivity index (χ0v) is 9.45. The molecule has 0 unspecified atom stereocenters. The molecule has 0 atom stereocenters. The molecule has 0 fully saturated rings. The second-order valence-electron chi connectivity index (χ2n) is 3.79. The maximum absolute atomic E-state index is 11.1. The molecule has 0 bridgehead atoms. The fourth-order valence-electron chi connectivity index (χ4n) is 1.15. The first-order valence-electron chi connectivity index (χ1n) is 5.15.